The number of likely N-dealkylation sites (tertiary alicyclic amines) is 1. The number of thioether (sulfide) groups is 1. The summed E-state index contributed by atoms with van der Waals surface area (Å²) in [7, 11) is 1.88. The average Bonchev–Trinajstić information content (AvgIpc) is 2.54. The Morgan fingerprint density at radius 3 is 2.88 bits per heavy atom. The molecule has 0 amide bonds. The summed E-state index contributed by atoms with van der Waals surface area (Å²) in [6.07, 6.45) is 2.23. The summed E-state index contributed by atoms with van der Waals surface area (Å²) in [5, 5.41) is 0.294. The molecule has 90 valence electrons. The van der Waals surface area contributed by atoms with Gasteiger partial charge in [-0.1, -0.05) is 24.4 Å². The fourth-order valence-corrected chi connectivity index (χ4v) is 2.84. The lowest BCUT2D eigenvalue weighted by molar-refractivity contribution is -0.147. The number of rotatable bonds is 4. The molecule has 4 nitrogen and oxygen atoms in total. The fraction of sp³-hybridized carbons (Fsp3) is 0.636. The lowest BCUT2D eigenvalue weighted by Gasteiger charge is -2.16. The quantitative estimate of drug-likeness (QED) is 0.546. The van der Waals surface area contributed by atoms with Gasteiger partial charge in [0.2, 0.25) is 0 Å². The van der Waals surface area contributed by atoms with E-state index in [9.17, 15) is 9.59 Å². The maximum Gasteiger partial charge on any atom is 0.323 e. The Bertz CT molecular complexity index is 293. The van der Waals surface area contributed by atoms with Crippen molar-refractivity contribution in [3.05, 3.63) is 12.7 Å². The van der Waals surface area contributed by atoms with Crippen molar-refractivity contribution in [1.29, 1.82) is 0 Å². The second kappa shape index (κ2) is 6.06. The van der Waals surface area contributed by atoms with Gasteiger partial charge in [0.1, 0.15) is 12.6 Å². The van der Waals surface area contributed by atoms with Crippen LogP contribution in [0.15, 0.2) is 12.7 Å². The molecule has 0 aliphatic carbocycles. The van der Waals surface area contributed by atoms with Gasteiger partial charge in [0.25, 0.3) is 0 Å². The van der Waals surface area contributed by atoms with Gasteiger partial charge in [-0.3, -0.25) is 14.5 Å². The van der Waals surface area contributed by atoms with E-state index in [4.69, 9.17) is 4.74 Å². The van der Waals surface area contributed by atoms with E-state index >= 15 is 0 Å². The SMILES string of the molecule is C=CCOC(=O)[C@@H]1C[C@H](SC(C)=O)CN1C. The Kier molecular flexibility index (Phi) is 5.02. The average molecular weight is 243 g/mol. The van der Waals surface area contributed by atoms with Crippen molar-refractivity contribution in [1.82, 2.24) is 4.90 Å². The Balaban J connectivity index is 2.46. The number of nitrogens with zero attached hydrogens (tertiary/aromatic N) is 1. The second-order valence-corrected chi connectivity index (χ2v) is 5.32. The van der Waals surface area contributed by atoms with Gasteiger partial charge in [-0.15, -0.1) is 0 Å². The summed E-state index contributed by atoms with van der Waals surface area (Å²) in [4.78, 5) is 24.5. The molecule has 1 heterocycles. The zero-order valence-electron chi connectivity index (χ0n) is 9.64. The van der Waals surface area contributed by atoms with Gasteiger partial charge in [-0.2, -0.15) is 0 Å². The molecule has 0 aromatic rings. The summed E-state index contributed by atoms with van der Waals surface area (Å²) < 4.78 is 5.01. The van der Waals surface area contributed by atoms with Crippen molar-refractivity contribution >= 4 is 22.8 Å². The summed E-state index contributed by atoms with van der Waals surface area (Å²) in [5.41, 5.74) is 0. The third-order valence-corrected chi connectivity index (χ3v) is 3.46. The highest BCUT2D eigenvalue weighted by Gasteiger charge is 2.36. The van der Waals surface area contributed by atoms with E-state index in [0.717, 1.165) is 6.54 Å². The maximum atomic E-state index is 11.6. The normalized spacial score (nSPS) is 25.4. The number of esters is 1. The molecule has 5 heteroatoms. The van der Waals surface area contributed by atoms with E-state index in [1.165, 1.54) is 11.8 Å². The lowest BCUT2D eigenvalue weighted by atomic mass is 10.2. The van der Waals surface area contributed by atoms with Crippen LogP contribution in [0.3, 0.4) is 0 Å². The van der Waals surface area contributed by atoms with Gasteiger partial charge in [0.05, 0.1) is 0 Å². The minimum atomic E-state index is -0.228. The zero-order chi connectivity index (χ0) is 12.1. The molecule has 1 rings (SSSR count). The van der Waals surface area contributed by atoms with E-state index in [0.29, 0.717) is 6.42 Å². The van der Waals surface area contributed by atoms with E-state index < -0.39 is 0 Å². The molecule has 16 heavy (non-hydrogen) atoms. The topological polar surface area (TPSA) is 46.6 Å². The van der Waals surface area contributed by atoms with Crippen molar-refractivity contribution < 1.29 is 14.3 Å². The van der Waals surface area contributed by atoms with Gasteiger partial charge < -0.3 is 4.74 Å². The molecule has 0 spiro atoms. The first-order chi connectivity index (χ1) is 7.54. The molecule has 1 fully saturated rings. The van der Waals surface area contributed by atoms with Crippen LogP contribution in [0.2, 0.25) is 0 Å². The molecule has 0 aromatic heterocycles. The zero-order valence-corrected chi connectivity index (χ0v) is 10.5. The summed E-state index contributed by atoms with van der Waals surface area (Å²) in [6.45, 7) is 6.03. The molecular formula is C11H17NO3S. The lowest BCUT2D eigenvalue weighted by Crippen LogP contribution is -2.34. The van der Waals surface area contributed by atoms with E-state index in [-0.39, 0.29) is 29.0 Å². The Labute approximate surface area is 100 Å². The Hall–Kier alpha value is -0.810. The van der Waals surface area contributed by atoms with Gasteiger partial charge in [0, 0.05) is 18.7 Å². The Morgan fingerprint density at radius 2 is 2.31 bits per heavy atom. The van der Waals surface area contributed by atoms with Crippen LogP contribution < -0.4 is 0 Å². The van der Waals surface area contributed by atoms with Crippen LogP contribution in [0.5, 0.6) is 0 Å². The van der Waals surface area contributed by atoms with Crippen LogP contribution >= 0.6 is 11.8 Å². The molecule has 0 aromatic carbocycles. The third kappa shape index (κ3) is 3.64. The smallest absolute Gasteiger partial charge is 0.323 e. The largest absolute Gasteiger partial charge is 0.460 e. The van der Waals surface area contributed by atoms with Gasteiger partial charge in [-0.25, -0.2) is 0 Å². The number of carbonyl (C=O) groups is 2. The summed E-state index contributed by atoms with van der Waals surface area (Å²) in [5.74, 6) is -0.228. The van der Waals surface area contributed by atoms with Gasteiger partial charge >= 0.3 is 5.97 Å². The first-order valence-electron chi connectivity index (χ1n) is 5.19. The number of carbonyl (C=O) groups excluding carboxylic acids is 2. The number of likely N-dealkylation sites (N-methyl/N-ethyl adjacent to an activating group) is 1. The highest BCUT2D eigenvalue weighted by Crippen LogP contribution is 2.27. The van der Waals surface area contributed by atoms with Crippen LogP contribution in [-0.4, -0.2) is 47.5 Å². The molecule has 1 saturated heterocycles. The molecular weight excluding hydrogens is 226 g/mol. The number of ether oxygens (including phenoxy) is 1. The standard InChI is InChI=1S/C11H17NO3S/c1-4-5-15-11(14)10-6-9(7-12(10)3)16-8(2)13/h4,9-10H,1,5-7H2,2-3H3/t9-,10-/m0/s1. The third-order valence-electron chi connectivity index (χ3n) is 2.46. The predicted octanol–water partition coefficient (Wildman–Crippen LogP) is 1.07. The molecule has 2 atom stereocenters. The van der Waals surface area contributed by atoms with Crippen molar-refractivity contribution in [3.63, 3.8) is 0 Å². The number of hydrogen-bond acceptors (Lipinski definition) is 5. The number of hydrogen-bond donors (Lipinski definition) is 0. The predicted molar refractivity (Wildman–Crippen MR) is 64.3 cm³/mol. The van der Waals surface area contributed by atoms with Gasteiger partial charge in [-0.05, 0) is 13.5 Å². The Morgan fingerprint density at radius 1 is 1.62 bits per heavy atom. The molecule has 0 bridgehead atoms. The monoisotopic (exact) mass is 243 g/mol. The van der Waals surface area contributed by atoms with Crippen LogP contribution in [0.1, 0.15) is 13.3 Å². The van der Waals surface area contributed by atoms with Gasteiger partial charge in [0.15, 0.2) is 5.12 Å². The maximum absolute atomic E-state index is 11.6. The summed E-state index contributed by atoms with van der Waals surface area (Å²) >= 11 is 1.30. The highest BCUT2D eigenvalue weighted by atomic mass is 32.2. The van der Waals surface area contributed by atoms with Crippen LogP contribution in [0.25, 0.3) is 0 Å². The fourth-order valence-electron chi connectivity index (χ4n) is 1.79. The van der Waals surface area contributed by atoms with Crippen LogP contribution in [0.4, 0.5) is 0 Å². The molecule has 0 unspecified atom stereocenters. The first kappa shape index (κ1) is 13.3. The van der Waals surface area contributed by atoms with E-state index in [1.807, 2.05) is 11.9 Å². The van der Waals surface area contributed by atoms with Crippen molar-refractivity contribution in [2.75, 3.05) is 20.2 Å². The minimum Gasteiger partial charge on any atom is -0.460 e. The van der Waals surface area contributed by atoms with Crippen LogP contribution in [0, 0.1) is 0 Å². The molecule has 0 saturated carbocycles. The van der Waals surface area contributed by atoms with Crippen molar-refractivity contribution in [2.45, 2.75) is 24.6 Å². The molecule has 1 aliphatic heterocycles. The second-order valence-electron chi connectivity index (χ2n) is 3.84. The summed E-state index contributed by atoms with van der Waals surface area (Å²) in [6, 6.07) is -0.225. The molecule has 1 aliphatic rings. The van der Waals surface area contributed by atoms with E-state index in [1.54, 1.807) is 13.0 Å². The molecule has 0 radical (unpaired) electrons. The minimum absolute atomic E-state index is 0.0958. The van der Waals surface area contributed by atoms with Crippen molar-refractivity contribution in [3.8, 4) is 0 Å². The molecule has 0 N–H and O–H groups in total. The first-order valence-corrected chi connectivity index (χ1v) is 6.07. The van der Waals surface area contributed by atoms with Crippen LogP contribution in [-0.2, 0) is 14.3 Å². The van der Waals surface area contributed by atoms with E-state index in [2.05, 4.69) is 6.58 Å². The highest BCUT2D eigenvalue weighted by molar-refractivity contribution is 8.14. The van der Waals surface area contributed by atoms with Crippen molar-refractivity contribution in [2.24, 2.45) is 0 Å².